The van der Waals surface area contributed by atoms with E-state index in [9.17, 15) is 9.59 Å². The highest BCUT2D eigenvalue weighted by atomic mass is 16.3. The zero-order valence-electron chi connectivity index (χ0n) is 13.2. The molecule has 0 saturated heterocycles. The first-order valence-corrected chi connectivity index (χ1v) is 7.73. The predicted octanol–water partition coefficient (Wildman–Crippen LogP) is 2.61. The Hall–Kier alpha value is -3.02. The van der Waals surface area contributed by atoms with Crippen molar-refractivity contribution >= 4 is 24.0 Å². The number of carbonyl (C=O) groups is 2. The summed E-state index contributed by atoms with van der Waals surface area (Å²) in [7, 11) is 0. The van der Waals surface area contributed by atoms with Crippen LogP contribution in [-0.4, -0.2) is 24.9 Å². The van der Waals surface area contributed by atoms with Gasteiger partial charge in [0, 0.05) is 25.2 Å². The molecule has 0 aliphatic heterocycles. The average Bonchev–Trinajstić information content (AvgIpc) is 3.27. The molecule has 6 nitrogen and oxygen atoms in total. The third-order valence-electron chi connectivity index (χ3n) is 3.09. The minimum Gasteiger partial charge on any atom is -0.465 e. The third-order valence-corrected chi connectivity index (χ3v) is 3.09. The first-order valence-electron chi connectivity index (χ1n) is 7.73. The lowest BCUT2D eigenvalue weighted by molar-refractivity contribution is -0.117. The van der Waals surface area contributed by atoms with Gasteiger partial charge in [-0.3, -0.25) is 9.59 Å². The van der Waals surface area contributed by atoms with E-state index in [1.807, 2.05) is 0 Å². The number of amides is 2. The number of hydrogen-bond acceptors (Lipinski definition) is 4. The van der Waals surface area contributed by atoms with Crippen LogP contribution >= 0.6 is 0 Å². The molecule has 2 amide bonds. The second kappa shape index (κ2) is 9.89. The van der Waals surface area contributed by atoms with E-state index in [-0.39, 0.29) is 11.8 Å². The van der Waals surface area contributed by atoms with Crippen LogP contribution in [0.5, 0.6) is 0 Å². The first-order chi connectivity index (χ1) is 11.7. The lowest BCUT2D eigenvalue weighted by atomic mass is 10.3. The normalized spacial score (nSPS) is 11.2. The van der Waals surface area contributed by atoms with Gasteiger partial charge in [0.2, 0.25) is 11.8 Å². The van der Waals surface area contributed by atoms with Crippen molar-refractivity contribution in [1.82, 2.24) is 10.6 Å². The van der Waals surface area contributed by atoms with Crippen LogP contribution in [0.3, 0.4) is 0 Å². The Bertz CT molecular complexity index is 610. The summed E-state index contributed by atoms with van der Waals surface area (Å²) in [5, 5.41) is 5.54. The van der Waals surface area contributed by atoms with E-state index in [4.69, 9.17) is 8.83 Å². The van der Waals surface area contributed by atoms with Crippen LogP contribution in [0.1, 0.15) is 24.4 Å². The van der Waals surface area contributed by atoms with Crippen molar-refractivity contribution in [2.75, 3.05) is 13.1 Å². The molecule has 0 bridgehead atoms. The molecule has 2 rings (SSSR count). The van der Waals surface area contributed by atoms with Crippen molar-refractivity contribution in [3.63, 3.8) is 0 Å². The van der Waals surface area contributed by atoms with Gasteiger partial charge < -0.3 is 19.5 Å². The number of unbranched alkanes of at least 4 members (excludes halogenated alkanes) is 1. The Morgan fingerprint density at radius 1 is 0.833 bits per heavy atom. The van der Waals surface area contributed by atoms with Gasteiger partial charge in [-0.25, -0.2) is 0 Å². The summed E-state index contributed by atoms with van der Waals surface area (Å²) in [6, 6.07) is 7.06. The molecule has 2 aromatic heterocycles. The second-order valence-corrected chi connectivity index (χ2v) is 4.99. The predicted molar refractivity (Wildman–Crippen MR) is 90.7 cm³/mol. The van der Waals surface area contributed by atoms with E-state index in [2.05, 4.69) is 10.6 Å². The maximum Gasteiger partial charge on any atom is 0.244 e. The number of nitrogens with one attached hydrogen (secondary N) is 2. The van der Waals surface area contributed by atoms with Gasteiger partial charge >= 0.3 is 0 Å². The van der Waals surface area contributed by atoms with E-state index >= 15 is 0 Å². The van der Waals surface area contributed by atoms with Crippen LogP contribution in [-0.2, 0) is 9.59 Å². The number of carbonyl (C=O) groups excluding carboxylic acids is 2. The molecule has 2 aromatic rings. The van der Waals surface area contributed by atoms with E-state index < -0.39 is 0 Å². The molecule has 0 spiro atoms. The maximum absolute atomic E-state index is 11.5. The number of hydrogen-bond donors (Lipinski definition) is 2. The molecule has 126 valence electrons. The van der Waals surface area contributed by atoms with Crippen LogP contribution in [0.25, 0.3) is 12.2 Å². The fraction of sp³-hybridized carbons (Fsp3) is 0.222. The quantitative estimate of drug-likeness (QED) is 0.547. The van der Waals surface area contributed by atoms with Gasteiger partial charge in [-0.15, -0.1) is 0 Å². The Labute approximate surface area is 140 Å². The minimum absolute atomic E-state index is 0.170. The van der Waals surface area contributed by atoms with Gasteiger partial charge in [0.25, 0.3) is 0 Å². The first kappa shape index (κ1) is 17.3. The molecule has 0 aliphatic rings. The summed E-state index contributed by atoms with van der Waals surface area (Å²) in [5.74, 6) is 0.930. The second-order valence-electron chi connectivity index (χ2n) is 4.99. The van der Waals surface area contributed by atoms with Crippen LogP contribution in [0.4, 0.5) is 0 Å². The van der Waals surface area contributed by atoms with Crippen molar-refractivity contribution in [3.05, 3.63) is 60.5 Å². The fourth-order valence-electron chi connectivity index (χ4n) is 1.88. The molecule has 6 heteroatoms. The Morgan fingerprint density at radius 3 is 1.67 bits per heavy atom. The van der Waals surface area contributed by atoms with E-state index in [0.29, 0.717) is 24.6 Å². The van der Waals surface area contributed by atoms with Gasteiger partial charge in [0.05, 0.1) is 12.5 Å². The van der Waals surface area contributed by atoms with Gasteiger partial charge in [-0.05, 0) is 49.3 Å². The van der Waals surface area contributed by atoms with Crippen molar-refractivity contribution in [1.29, 1.82) is 0 Å². The molecular formula is C18H20N2O4. The summed E-state index contributed by atoms with van der Waals surface area (Å²) in [6.45, 7) is 1.11. The highest BCUT2D eigenvalue weighted by molar-refractivity contribution is 5.91. The lowest BCUT2D eigenvalue weighted by Crippen LogP contribution is -2.25. The van der Waals surface area contributed by atoms with Crippen LogP contribution < -0.4 is 10.6 Å². The van der Waals surface area contributed by atoms with E-state index in [1.165, 1.54) is 12.2 Å². The molecular weight excluding hydrogens is 308 g/mol. The standard InChI is InChI=1S/C18H20N2O4/c21-17(9-7-15-5-3-13-23-15)19-11-1-2-12-20-18(22)10-8-16-6-4-14-24-16/h3-10,13-14H,1-2,11-12H2,(H,19,21)(H,20,22)/b9-7+,10-8+. The largest absolute Gasteiger partial charge is 0.465 e. The molecule has 2 N–H and O–H groups in total. The molecule has 0 unspecified atom stereocenters. The molecule has 0 saturated carbocycles. The smallest absolute Gasteiger partial charge is 0.244 e. The zero-order valence-corrected chi connectivity index (χ0v) is 13.2. The monoisotopic (exact) mass is 328 g/mol. The summed E-state index contributed by atoms with van der Waals surface area (Å²) in [4.78, 5) is 23.1. The van der Waals surface area contributed by atoms with Gasteiger partial charge in [-0.2, -0.15) is 0 Å². The maximum atomic E-state index is 11.5. The summed E-state index contributed by atoms with van der Waals surface area (Å²) >= 11 is 0. The van der Waals surface area contributed by atoms with Crippen LogP contribution in [0, 0.1) is 0 Å². The molecule has 0 radical (unpaired) electrons. The summed E-state index contributed by atoms with van der Waals surface area (Å²) < 4.78 is 10.2. The van der Waals surface area contributed by atoms with Crippen molar-refractivity contribution < 1.29 is 18.4 Å². The van der Waals surface area contributed by atoms with E-state index in [1.54, 1.807) is 48.9 Å². The molecule has 24 heavy (non-hydrogen) atoms. The highest BCUT2D eigenvalue weighted by Crippen LogP contribution is 2.02. The van der Waals surface area contributed by atoms with Crippen molar-refractivity contribution in [2.45, 2.75) is 12.8 Å². The Morgan fingerprint density at radius 2 is 1.29 bits per heavy atom. The van der Waals surface area contributed by atoms with E-state index in [0.717, 1.165) is 12.8 Å². The number of rotatable bonds is 9. The third kappa shape index (κ3) is 6.83. The molecule has 0 aliphatic carbocycles. The van der Waals surface area contributed by atoms with Gasteiger partial charge in [0.1, 0.15) is 11.5 Å². The van der Waals surface area contributed by atoms with Crippen molar-refractivity contribution in [3.8, 4) is 0 Å². The fourth-order valence-corrected chi connectivity index (χ4v) is 1.88. The molecule has 0 atom stereocenters. The van der Waals surface area contributed by atoms with Crippen molar-refractivity contribution in [2.24, 2.45) is 0 Å². The molecule has 0 fully saturated rings. The zero-order chi connectivity index (χ0) is 17.0. The van der Waals surface area contributed by atoms with Crippen LogP contribution in [0.2, 0.25) is 0 Å². The lowest BCUT2D eigenvalue weighted by Gasteiger charge is -2.03. The van der Waals surface area contributed by atoms with Crippen LogP contribution in [0.15, 0.2) is 57.8 Å². The minimum atomic E-state index is -0.170. The highest BCUT2D eigenvalue weighted by Gasteiger charge is 1.98. The summed E-state index contributed by atoms with van der Waals surface area (Å²) in [5.41, 5.74) is 0. The van der Waals surface area contributed by atoms with Gasteiger partial charge in [-0.1, -0.05) is 0 Å². The summed E-state index contributed by atoms with van der Waals surface area (Å²) in [6.07, 6.45) is 10.7. The molecule has 0 aromatic carbocycles. The topological polar surface area (TPSA) is 84.5 Å². The Kier molecular flexibility index (Phi) is 7.14. The average molecular weight is 328 g/mol. The van der Waals surface area contributed by atoms with Gasteiger partial charge in [0.15, 0.2) is 0 Å². The Balaban J connectivity index is 1.50. The SMILES string of the molecule is O=C(/C=C/c1ccco1)NCCCCNC(=O)/C=C/c1ccco1. The number of furan rings is 2. The molecule has 2 heterocycles.